The molecule has 1 aromatic carbocycles. The molecule has 1 fully saturated rings. The van der Waals surface area contributed by atoms with Crippen LogP contribution in [0.15, 0.2) is 18.2 Å². The van der Waals surface area contributed by atoms with Crippen molar-refractivity contribution < 1.29 is 9.53 Å². The predicted octanol–water partition coefficient (Wildman–Crippen LogP) is 3.19. The summed E-state index contributed by atoms with van der Waals surface area (Å²) in [4.78, 5) is 11.7. The molecule has 0 saturated heterocycles. The van der Waals surface area contributed by atoms with Crippen LogP contribution in [0.25, 0.3) is 0 Å². The first-order chi connectivity index (χ1) is 7.24. The van der Waals surface area contributed by atoms with Crippen LogP contribution >= 0.6 is 11.6 Å². The van der Waals surface area contributed by atoms with Gasteiger partial charge >= 0.3 is 0 Å². The molecule has 1 saturated carbocycles. The van der Waals surface area contributed by atoms with Crippen molar-refractivity contribution in [2.45, 2.75) is 25.2 Å². The second kappa shape index (κ2) is 4.23. The second-order valence-electron chi connectivity index (χ2n) is 3.77. The van der Waals surface area contributed by atoms with Crippen LogP contribution < -0.4 is 4.74 Å². The third-order valence-corrected chi connectivity index (χ3v) is 3.22. The van der Waals surface area contributed by atoms with Crippen LogP contribution in [0, 0.1) is 0 Å². The molecule has 2 rings (SSSR count). The Morgan fingerprint density at radius 1 is 1.47 bits per heavy atom. The van der Waals surface area contributed by atoms with E-state index in [1.54, 1.807) is 7.11 Å². The quantitative estimate of drug-likeness (QED) is 0.771. The average molecular weight is 225 g/mol. The Kier molecular flexibility index (Phi) is 2.96. The van der Waals surface area contributed by atoms with E-state index in [2.05, 4.69) is 0 Å². The molecule has 1 aromatic rings. The molecule has 2 nitrogen and oxygen atoms in total. The van der Waals surface area contributed by atoms with Crippen molar-refractivity contribution in [1.82, 2.24) is 0 Å². The molecule has 0 amide bonds. The van der Waals surface area contributed by atoms with Crippen molar-refractivity contribution in [1.29, 1.82) is 0 Å². The SMILES string of the molecule is COc1cccc(Cl)c1C1CCCC1=O. The molecule has 0 N–H and O–H groups in total. The lowest BCUT2D eigenvalue weighted by atomic mass is 9.96. The Balaban J connectivity index is 2.45. The summed E-state index contributed by atoms with van der Waals surface area (Å²) < 4.78 is 5.25. The van der Waals surface area contributed by atoms with Crippen molar-refractivity contribution in [2.75, 3.05) is 7.11 Å². The van der Waals surface area contributed by atoms with Gasteiger partial charge in [-0.25, -0.2) is 0 Å². The van der Waals surface area contributed by atoms with Crippen LogP contribution in [0.5, 0.6) is 5.75 Å². The van der Waals surface area contributed by atoms with Crippen LogP contribution in [0.4, 0.5) is 0 Å². The fourth-order valence-corrected chi connectivity index (χ4v) is 2.45. The maximum Gasteiger partial charge on any atom is 0.140 e. The van der Waals surface area contributed by atoms with Crippen LogP contribution in [-0.2, 0) is 4.79 Å². The molecule has 15 heavy (non-hydrogen) atoms. The summed E-state index contributed by atoms with van der Waals surface area (Å²) >= 11 is 6.12. The van der Waals surface area contributed by atoms with Crippen LogP contribution in [0.2, 0.25) is 5.02 Å². The fourth-order valence-electron chi connectivity index (χ4n) is 2.15. The lowest BCUT2D eigenvalue weighted by molar-refractivity contribution is -0.118. The standard InChI is InChI=1S/C12H13ClO2/c1-15-11-7-3-5-9(13)12(11)8-4-2-6-10(8)14/h3,5,7-8H,2,4,6H2,1H3. The second-order valence-corrected chi connectivity index (χ2v) is 4.17. The summed E-state index contributed by atoms with van der Waals surface area (Å²) in [6.07, 6.45) is 2.51. The summed E-state index contributed by atoms with van der Waals surface area (Å²) in [6, 6.07) is 5.50. The number of ether oxygens (including phenoxy) is 1. The van der Waals surface area contributed by atoms with E-state index < -0.39 is 0 Å². The number of Topliss-reactive ketones (excluding diaryl/α,β-unsaturated/α-hetero) is 1. The number of ketones is 1. The molecule has 1 atom stereocenters. The zero-order chi connectivity index (χ0) is 10.8. The van der Waals surface area contributed by atoms with E-state index in [0.717, 1.165) is 24.2 Å². The van der Waals surface area contributed by atoms with Gasteiger partial charge in [-0.2, -0.15) is 0 Å². The van der Waals surface area contributed by atoms with Gasteiger partial charge < -0.3 is 4.74 Å². The van der Waals surface area contributed by atoms with E-state index >= 15 is 0 Å². The molecule has 1 unspecified atom stereocenters. The van der Waals surface area contributed by atoms with Gasteiger partial charge in [0, 0.05) is 22.9 Å². The van der Waals surface area contributed by atoms with E-state index in [4.69, 9.17) is 16.3 Å². The third-order valence-electron chi connectivity index (χ3n) is 2.89. The Bertz CT molecular complexity index is 387. The maximum absolute atomic E-state index is 11.7. The minimum atomic E-state index is -0.0614. The number of methoxy groups -OCH3 is 1. The zero-order valence-corrected chi connectivity index (χ0v) is 9.38. The molecule has 80 valence electrons. The van der Waals surface area contributed by atoms with Crippen molar-refractivity contribution in [3.63, 3.8) is 0 Å². The van der Waals surface area contributed by atoms with Crippen molar-refractivity contribution in [3.05, 3.63) is 28.8 Å². The van der Waals surface area contributed by atoms with Gasteiger partial charge in [0.25, 0.3) is 0 Å². The van der Waals surface area contributed by atoms with E-state index in [0.29, 0.717) is 11.4 Å². The molecular formula is C12H13ClO2. The Morgan fingerprint density at radius 2 is 2.27 bits per heavy atom. The summed E-state index contributed by atoms with van der Waals surface area (Å²) in [6.45, 7) is 0. The molecule has 0 aliphatic heterocycles. The van der Waals surface area contributed by atoms with Gasteiger partial charge in [0.05, 0.1) is 7.11 Å². The predicted molar refractivity (Wildman–Crippen MR) is 59.6 cm³/mol. The largest absolute Gasteiger partial charge is 0.496 e. The van der Waals surface area contributed by atoms with Gasteiger partial charge in [0.1, 0.15) is 11.5 Å². The van der Waals surface area contributed by atoms with Gasteiger partial charge in [-0.15, -0.1) is 0 Å². The molecule has 3 heteroatoms. The smallest absolute Gasteiger partial charge is 0.140 e. The van der Waals surface area contributed by atoms with E-state index in [1.807, 2.05) is 18.2 Å². The Hall–Kier alpha value is -1.02. The molecule has 0 aromatic heterocycles. The first kappa shape index (κ1) is 10.5. The molecule has 0 bridgehead atoms. The van der Waals surface area contributed by atoms with Gasteiger partial charge in [-0.1, -0.05) is 17.7 Å². The Morgan fingerprint density at radius 3 is 2.87 bits per heavy atom. The first-order valence-corrected chi connectivity index (χ1v) is 5.47. The van der Waals surface area contributed by atoms with Gasteiger partial charge in [0.15, 0.2) is 0 Å². The monoisotopic (exact) mass is 224 g/mol. The van der Waals surface area contributed by atoms with Crippen molar-refractivity contribution in [2.24, 2.45) is 0 Å². The van der Waals surface area contributed by atoms with Crippen LogP contribution in [0.1, 0.15) is 30.7 Å². The fraction of sp³-hybridized carbons (Fsp3) is 0.417. The number of rotatable bonds is 2. The van der Waals surface area contributed by atoms with Crippen molar-refractivity contribution >= 4 is 17.4 Å². The van der Waals surface area contributed by atoms with Gasteiger partial charge in [-0.05, 0) is 25.0 Å². The third kappa shape index (κ3) is 1.86. The zero-order valence-electron chi connectivity index (χ0n) is 8.63. The molecule has 0 heterocycles. The minimum absolute atomic E-state index is 0.0614. The number of hydrogen-bond acceptors (Lipinski definition) is 2. The lowest BCUT2D eigenvalue weighted by Gasteiger charge is -2.14. The average Bonchev–Trinajstić information content (AvgIpc) is 2.64. The molecule has 1 aliphatic carbocycles. The number of hydrogen-bond donors (Lipinski definition) is 0. The first-order valence-electron chi connectivity index (χ1n) is 5.09. The van der Waals surface area contributed by atoms with E-state index in [-0.39, 0.29) is 11.7 Å². The number of halogens is 1. The number of carbonyl (C=O) groups is 1. The maximum atomic E-state index is 11.7. The summed E-state index contributed by atoms with van der Waals surface area (Å²) in [5.41, 5.74) is 0.865. The van der Waals surface area contributed by atoms with Crippen molar-refractivity contribution in [3.8, 4) is 5.75 Å². The highest BCUT2D eigenvalue weighted by atomic mass is 35.5. The molecule has 1 aliphatic rings. The van der Waals surface area contributed by atoms with Crippen LogP contribution in [-0.4, -0.2) is 12.9 Å². The van der Waals surface area contributed by atoms with Crippen LogP contribution in [0.3, 0.4) is 0 Å². The van der Waals surface area contributed by atoms with E-state index in [1.165, 1.54) is 0 Å². The van der Waals surface area contributed by atoms with E-state index in [9.17, 15) is 4.79 Å². The highest BCUT2D eigenvalue weighted by molar-refractivity contribution is 6.32. The Labute approximate surface area is 94.2 Å². The molecular weight excluding hydrogens is 212 g/mol. The highest BCUT2D eigenvalue weighted by Crippen LogP contribution is 2.40. The summed E-state index contributed by atoms with van der Waals surface area (Å²) in [7, 11) is 1.61. The minimum Gasteiger partial charge on any atom is -0.496 e. The highest BCUT2D eigenvalue weighted by Gasteiger charge is 2.30. The number of benzene rings is 1. The van der Waals surface area contributed by atoms with Gasteiger partial charge in [-0.3, -0.25) is 4.79 Å². The summed E-state index contributed by atoms with van der Waals surface area (Å²) in [5, 5.41) is 0.634. The normalized spacial score (nSPS) is 20.7. The molecule has 0 spiro atoms. The molecule has 0 radical (unpaired) electrons. The topological polar surface area (TPSA) is 26.3 Å². The van der Waals surface area contributed by atoms with Gasteiger partial charge in [0.2, 0.25) is 0 Å². The summed E-state index contributed by atoms with van der Waals surface area (Å²) in [5.74, 6) is 0.942. The lowest BCUT2D eigenvalue weighted by Crippen LogP contribution is -2.06. The number of carbonyl (C=O) groups excluding carboxylic acids is 1.